The van der Waals surface area contributed by atoms with E-state index in [1.54, 1.807) is 60.7 Å². The Kier molecular flexibility index (Phi) is 5.80. The Hall–Kier alpha value is -3.35. The van der Waals surface area contributed by atoms with Gasteiger partial charge in [0.2, 0.25) is 0 Å². The average Bonchev–Trinajstić information content (AvgIpc) is 3.66. The van der Waals surface area contributed by atoms with Crippen LogP contribution in [0.3, 0.4) is 0 Å². The summed E-state index contributed by atoms with van der Waals surface area (Å²) in [4.78, 5) is 41.3. The van der Waals surface area contributed by atoms with Crippen molar-refractivity contribution < 1.29 is 19.5 Å². The van der Waals surface area contributed by atoms with E-state index in [0.717, 1.165) is 23.3 Å². The van der Waals surface area contributed by atoms with Gasteiger partial charge in [0.25, 0.3) is 11.8 Å². The summed E-state index contributed by atoms with van der Waals surface area (Å²) in [6.07, 6.45) is 2.08. The number of aliphatic carboxylic acids is 1. The molecule has 0 bridgehead atoms. The van der Waals surface area contributed by atoms with Crippen LogP contribution < -0.4 is 5.32 Å². The number of nitrogens with one attached hydrogen (secondary N) is 1. The molecule has 1 aliphatic carbocycles. The number of halogens is 2. The number of hydrogen-bond donors (Lipinski definition) is 2. The quantitative estimate of drug-likeness (QED) is 0.466. The third kappa shape index (κ3) is 4.15. The zero-order valence-corrected chi connectivity index (χ0v) is 19.4. The fourth-order valence-corrected chi connectivity index (χ4v) is 4.64. The third-order valence-electron chi connectivity index (χ3n) is 6.23. The molecule has 3 aromatic rings. The van der Waals surface area contributed by atoms with Gasteiger partial charge in [-0.05, 0) is 71.8 Å². The molecule has 172 valence electrons. The zero-order valence-electron chi connectivity index (χ0n) is 17.9. The number of amides is 2. The van der Waals surface area contributed by atoms with Gasteiger partial charge in [-0.25, -0.2) is 4.79 Å². The maximum absolute atomic E-state index is 14.0. The monoisotopic (exact) mass is 494 g/mol. The van der Waals surface area contributed by atoms with Crippen LogP contribution in [-0.4, -0.2) is 27.8 Å². The summed E-state index contributed by atoms with van der Waals surface area (Å²) in [5.41, 5.74) is 2.42. The number of fused-ring (bicyclic) bond motifs is 1. The average molecular weight is 495 g/mol. The van der Waals surface area contributed by atoms with Gasteiger partial charge in [0.15, 0.2) is 6.04 Å². The van der Waals surface area contributed by atoms with Crippen molar-refractivity contribution in [2.24, 2.45) is 0 Å². The molecule has 8 heteroatoms. The molecular weight excluding hydrogens is 475 g/mol. The number of hydrogen-bond acceptors (Lipinski definition) is 3. The van der Waals surface area contributed by atoms with Crippen molar-refractivity contribution in [3.05, 3.63) is 99.0 Å². The molecule has 0 aromatic heterocycles. The lowest BCUT2D eigenvalue weighted by atomic mass is 9.97. The summed E-state index contributed by atoms with van der Waals surface area (Å²) < 4.78 is 0. The lowest BCUT2D eigenvalue weighted by Crippen LogP contribution is -2.44. The van der Waals surface area contributed by atoms with E-state index in [0.29, 0.717) is 32.8 Å². The second kappa shape index (κ2) is 8.78. The van der Waals surface area contributed by atoms with Crippen LogP contribution in [0.2, 0.25) is 10.0 Å². The minimum Gasteiger partial charge on any atom is -0.479 e. The Balaban J connectivity index is 1.70. The van der Waals surface area contributed by atoms with Crippen LogP contribution in [0, 0.1) is 0 Å². The summed E-state index contributed by atoms with van der Waals surface area (Å²) in [7, 11) is 0. The topological polar surface area (TPSA) is 86.7 Å². The Morgan fingerprint density at radius 1 is 0.912 bits per heavy atom. The van der Waals surface area contributed by atoms with Crippen LogP contribution in [0.15, 0.2) is 66.7 Å². The molecule has 1 heterocycles. The van der Waals surface area contributed by atoms with Crippen LogP contribution in [0.25, 0.3) is 0 Å². The van der Waals surface area contributed by atoms with Crippen molar-refractivity contribution in [1.29, 1.82) is 0 Å². The van der Waals surface area contributed by atoms with Gasteiger partial charge in [-0.1, -0.05) is 53.5 Å². The third-order valence-corrected chi connectivity index (χ3v) is 6.73. The minimum absolute atomic E-state index is 0.273. The van der Waals surface area contributed by atoms with Crippen molar-refractivity contribution in [2.75, 3.05) is 5.32 Å². The minimum atomic E-state index is -1.42. The van der Waals surface area contributed by atoms with Crippen LogP contribution in [-0.2, 0) is 9.59 Å². The lowest BCUT2D eigenvalue weighted by molar-refractivity contribution is -0.144. The van der Waals surface area contributed by atoms with E-state index in [1.807, 2.05) is 6.07 Å². The number of anilines is 1. The molecule has 2 N–H and O–H groups in total. The molecule has 5 rings (SSSR count). The molecular formula is C26H20Cl2N2O4. The maximum atomic E-state index is 14.0. The van der Waals surface area contributed by atoms with E-state index >= 15 is 0 Å². The van der Waals surface area contributed by atoms with Crippen LogP contribution >= 0.6 is 23.2 Å². The SMILES string of the molecule is O=C(O)C(c1ccc(Cl)cc1)N1C(=O)c2cc(C3CC3)ccc2NC(=O)C1c1ccc(Cl)cc1. The fourth-order valence-electron chi connectivity index (χ4n) is 4.39. The molecule has 6 nitrogen and oxygen atoms in total. The predicted octanol–water partition coefficient (Wildman–Crippen LogP) is 5.83. The van der Waals surface area contributed by atoms with Crippen molar-refractivity contribution in [2.45, 2.75) is 30.8 Å². The zero-order chi connectivity index (χ0) is 24.0. The van der Waals surface area contributed by atoms with E-state index in [1.165, 1.54) is 0 Å². The molecule has 0 radical (unpaired) electrons. The van der Waals surface area contributed by atoms with E-state index in [2.05, 4.69) is 5.32 Å². The number of carboxylic acid groups (broad SMARTS) is 1. The van der Waals surface area contributed by atoms with Gasteiger partial charge >= 0.3 is 5.97 Å². The Labute approximate surface area is 206 Å². The molecule has 2 atom stereocenters. The van der Waals surface area contributed by atoms with Gasteiger partial charge in [-0.2, -0.15) is 0 Å². The normalized spacial score (nSPS) is 18.6. The fraction of sp³-hybridized carbons (Fsp3) is 0.192. The molecule has 34 heavy (non-hydrogen) atoms. The summed E-state index contributed by atoms with van der Waals surface area (Å²) in [6, 6.07) is 15.5. The van der Waals surface area contributed by atoms with Crippen molar-refractivity contribution >= 4 is 46.7 Å². The highest BCUT2D eigenvalue weighted by Crippen LogP contribution is 2.43. The van der Waals surface area contributed by atoms with Gasteiger partial charge in [0.1, 0.15) is 6.04 Å². The molecule has 1 fully saturated rings. The number of carboxylic acids is 1. The van der Waals surface area contributed by atoms with E-state index in [4.69, 9.17) is 23.2 Å². The largest absolute Gasteiger partial charge is 0.479 e. The second-order valence-corrected chi connectivity index (χ2v) is 9.40. The molecule has 3 aromatic carbocycles. The molecule has 2 aliphatic rings. The number of carbonyl (C=O) groups excluding carboxylic acids is 2. The first kappa shape index (κ1) is 22.4. The number of carbonyl (C=O) groups is 3. The van der Waals surface area contributed by atoms with Gasteiger partial charge in [0.05, 0.1) is 11.3 Å². The van der Waals surface area contributed by atoms with E-state index in [-0.39, 0.29) is 5.56 Å². The smallest absolute Gasteiger partial charge is 0.331 e. The molecule has 2 amide bonds. The molecule has 0 saturated heterocycles. The first-order valence-electron chi connectivity index (χ1n) is 10.8. The molecule has 2 unspecified atom stereocenters. The summed E-state index contributed by atoms with van der Waals surface area (Å²) in [5, 5.41) is 14.0. The Morgan fingerprint density at radius 3 is 2.09 bits per heavy atom. The molecule has 1 aliphatic heterocycles. The summed E-state index contributed by atoms with van der Waals surface area (Å²) in [6.45, 7) is 0. The first-order chi connectivity index (χ1) is 16.3. The molecule has 1 saturated carbocycles. The van der Waals surface area contributed by atoms with Crippen molar-refractivity contribution in [3.63, 3.8) is 0 Å². The predicted molar refractivity (Wildman–Crippen MR) is 129 cm³/mol. The number of benzene rings is 3. The Morgan fingerprint density at radius 2 is 1.50 bits per heavy atom. The standard InChI is InChI=1S/C26H20Cl2N2O4/c27-18-8-3-15(4-9-18)22-24(31)29-21-12-7-17(14-1-2-14)13-20(21)25(32)30(22)23(26(33)34)16-5-10-19(28)11-6-16/h3-14,22-23H,1-2H2,(H,29,31)(H,33,34). The van der Waals surface area contributed by atoms with Gasteiger partial charge in [-0.15, -0.1) is 0 Å². The molecule has 0 spiro atoms. The lowest BCUT2D eigenvalue weighted by Gasteiger charge is -2.34. The first-order valence-corrected chi connectivity index (χ1v) is 11.6. The highest BCUT2D eigenvalue weighted by atomic mass is 35.5. The highest BCUT2D eigenvalue weighted by Gasteiger charge is 2.44. The van der Waals surface area contributed by atoms with Crippen molar-refractivity contribution in [1.82, 2.24) is 4.90 Å². The Bertz CT molecular complexity index is 1290. The van der Waals surface area contributed by atoms with Gasteiger partial charge in [-0.3, -0.25) is 9.59 Å². The number of rotatable bonds is 5. The maximum Gasteiger partial charge on any atom is 0.331 e. The second-order valence-electron chi connectivity index (χ2n) is 8.53. The highest BCUT2D eigenvalue weighted by molar-refractivity contribution is 6.30. The van der Waals surface area contributed by atoms with E-state index < -0.39 is 29.9 Å². The van der Waals surface area contributed by atoms with Crippen LogP contribution in [0.4, 0.5) is 5.69 Å². The van der Waals surface area contributed by atoms with Gasteiger partial charge < -0.3 is 15.3 Å². The number of nitrogens with zero attached hydrogens (tertiary/aromatic N) is 1. The van der Waals surface area contributed by atoms with Crippen LogP contribution in [0.5, 0.6) is 0 Å². The van der Waals surface area contributed by atoms with E-state index in [9.17, 15) is 19.5 Å². The van der Waals surface area contributed by atoms with Crippen LogP contribution in [0.1, 0.15) is 57.9 Å². The van der Waals surface area contributed by atoms with Gasteiger partial charge in [0, 0.05) is 10.0 Å². The van der Waals surface area contributed by atoms with Crippen molar-refractivity contribution in [3.8, 4) is 0 Å². The summed E-state index contributed by atoms with van der Waals surface area (Å²) in [5.74, 6) is -1.93. The summed E-state index contributed by atoms with van der Waals surface area (Å²) >= 11 is 12.1.